The number of nitrogens with zero attached hydrogens (tertiary/aromatic N) is 2. The van der Waals surface area contributed by atoms with Crippen molar-refractivity contribution in [2.75, 3.05) is 13.1 Å². The molecular weight excluding hydrogens is 356 g/mol. The van der Waals surface area contributed by atoms with Crippen molar-refractivity contribution >= 4 is 23.2 Å². The van der Waals surface area contributed by atoms with Crippen LogP contribution < -0.4 is 10.6 Å². The van der Waals surface area contributed by atoms with Crippen molar-refractivity contribution in [3.05, 3.63) is 53.3 Å². The van der Waals surface area contributed by atoms with Gasteiger partial charge in [0, 0.05) is 19.2 Å². The van der Waals surface area contributed by atoms with Crippen LogP contribution in [0.4, 0.5) is 0 Å². The van der Waals surface area contributed by atoms with Gasteiger partial charge >= 0.3 is 0 Å². The molecule has 3 aromatic heterocycles. The molecular formula is C17H16N4O4S. The summed E-state index contributed by atoms with van der Waals surface area (Å²) in [5, 5.41) is 20.2. The summed E-state index contributed by atoms with van der Waals surface area (Å²) in [5.74, 6) is -0.116. The summed E-state index contributed by atoms with van der Waals surface area (Å²) in [4.78, 5) is 28.6. The number of hydrogen-bond donors (Lipinski definition) is 3. The fourth-order valence-corrected chi connectivity index (χ4v) is 2.78. The SMILES string of the molecule is O=C(NCCCNC(=O)c1cc(-c2cccs2)on1)c1ccc(O)cn1. The fraction of sp³-hybridized carbons (Fsp3) is 0.176. The van der Waals surface area contributed by atoms with Crippen LogP contribution in [-0.2, 0) is 0 Å². The second-order valence-corrected chi connectivity index (χ2v) is 6.27. The third-order valence-corrected chi connectivity index (χ3v) is 4.30. The molecule has 2 amide bonds. The molecule has 0 fully saturated rings. The van der Waals surface area contributed by atoms with E-state index in [0.29, 0.717) is 25.3 Å². The zero-order valence-electron chi connectivity index (χ0n) is 13.6. The first-order valence-electron chi connectivity index (χ1n) is 7.85. The van der Waals surface area contributed by atoms with Crippen LogP contribution in [0.15, 0.2) is 46.4 Å². The van der Waals surface area contributed by atoms with Gasteiger partial charge in [-0.2, -0.15) is 0 Å². The summed E-state index contributed by atoms with van der Waals surface area (Å²) in [5.41, 5.74) is 0.432. The van der Waals surface area contributed by atoms with Crippen molar-refractivity contribution in [1.29, 1.82) is 0 Å². The Labute approximate surface area is 152 Å². The van der Waals surface area contributed by atoms with Crippen LogP contribution in [0.5, 0.6) is 5.75 Å². The van der Waals surface area contributed by atoms with Crippen molar-refractivity contribution in [3.63, 3.8) is 0 Å². The Balaban J connectivity index is 1.39. The minimum atomic E-state index is -0.339. The molecule has 0 aromatic carbocycles. The summed E-state index contributed by atoms with van der Waals surface area (Å²) in [6.07, 6.45) is 1.75. The number of aromatic hydroxyl groups is 1. The van der Waals surface area contributed by atoms with E-state index in [1.165, 1.54) is 29.7 Å². The molecule has 26 heavy (non-hydrogen) atoms. The molecule has 9 heteroatoms. The van der Waals surface area contributed by atoms with Crippen LogP contribution >= 0.6 is 11.3 Å². The number of hydrogen-bond acceptors (Lipinski definition) is 7. The van der Waals surface area contributed by atoms with E-state index in [1.807, 2.05) is 17.5 Å². The molecule has 0 aliphatic carbocycles. The average molecular weight is 372 g/mol. The predicted octanol–water partition coefficient (Wildman–Crippen LogP) is 2.05. The average Bonchev–Trinajstić information content (AvgIpc) is 3.33. The molecule has 0 bridgehead atoms. The highest BCUT2D eigenvalue weighted by molar-refractivity contribution is 7.13. The molecule has 3 aromatic rings. The zero-order chi connectivity index (χ0) is 18.4. The van der Waals surface area contributed by atoms with Gasteiger partial charge in [0.05, 0.1) is 11.1 Å². The van der Waals surface area contributed by atoms with Crippen LogP contribution in [0.1, 0.15) is 27.4 Å². The summed E-state index contributed by atoms with van der Waals surface area (Å²) < 4.78 is 5.16. The van der Waals surface area contributed by atoms with E-state index in [9.17, 15) is 9.59 Å². The van der Waals surface area contributed by atoms with Gasteiger partial charge in [0.2, 0.25) is 0 Å². The first kappa shape index (κ1) is 17.6. The van der Waals surface area contributed by atoms with Crippen LogP contribution in [-0.4, -0.2) is 40.2 Å². The normalized spacial score (nSPS) is 10.5. The van der Waals surface area contributed by atoms with Crippen molar-refractivity contribution in [2.45, 2.75) is 6.42 Å². The van der Waals surface area contributed by atoms with Crippen LogP contribution in [0.25, 0.3) is 10.6 Å². The van der Waals surface area contributed by atoms with E-state index in [0.717, 1.165) is 4.88 Å². The highest BCUT2D eigenvalue weighted by Crippen LogP contribution is 2.24. The van der Waals surface area contributed by atoms with E-state index >= 15 is 0 Å². The number of amides is 2. The number of carbonyl (C=O) groups excluding carboxylic acids is 2. The molecule has 8 nitrogen and oxygen atoms in total. The van der Waals surface area contributed by atoms with Crippen molar-refractivity contribution in [2.24, 2.45) is 0 Å². The highest BCUT2D eigenvalue weighted by atomic mass is 32.1. The second-order valence-electron chi connectivity index (χ2n) is 5.32. The number of aromatic nitrogens is 2. The maximum atomic E-state index is 12.0. The largest absolute Gasteiger partial charge is 0.506 e. The summed E-state index contributed by atoms with van der Waals surface area (Å²) in [7, 11) is 0. The molecule has 0 unspecified atom stereocenters. The van der Waals surface area contributed by atoms with Gasteiger partial charge in [-0.1, -0.05) is 11.2 Å². The van der Waals surface area contributed by atoms with Gasteiger partial charge in [0.25, 0.3) is 11.8 Å². The van der Waals surface area contributed by atoms with Gasteiger partial charge in [-0.3, -0.25) is 9.59 Å². The Morgan fingerprint density at radius 3 is 2.54 bits per heavy atom. The summed E-state index contributed by atoms with van der Waals surface area (Å²) >= 11 is 1.50. The van der Waals surface area contributed by atoms with Gasteiger partial charge < -0.3 is 20.3 Å². The van der Waals surface area contributed by atoms with E-state index in [4.69, 9.17) is 9.63 Å². The molecule has 3 N–H and O–H groups in total. The van der Waals surface area contributed by atoms with Gasteiger partial charge in [0.15, 0.2) is 11.5 Å². The van der Waals surface area contributed by atoms with Gasteiger partial charge in [-0.05, 0) is 30.0 Å². The van der Waals surface area contributed by atoms with Crippen molar-refractivity contribution in [1.82, 2.24) is 20.8 Å². The van der Waals surface area contributed by atoms with E-state index < -0.39 is 0 Å². The lowest BCUT2D eigenvalue weighted by Crippen LogP contribution is -2.30. The van der Waals surface area contributed by atoms with Gasteiger partial charge in [-0.25, -0.2) is 4.98 Å². The third kappa shape index (κ3) is 4.45. The summed E-state index contributed by atoms with van der Waals surface area (Å²) in [6.45, 7) is 0.754. The first-order valence-corrected chi connectivity index (χ1v) is 8.73. The lowest BCUT2D eigenvalue weighted by molar-refractivity contribution is 0.0944. The minimum Gasteiger partial charge on any atom is -0.506 e. The third-order valence-electron chi connectivity index (χ3n) is 3.41. The Kier molecular flexibility index (Phi) is 5.59. The number of pyridine rings is 1. The van der Waals surface area contributed by atoms with Crippen molar-refractivity contribution in [3.8, 4) is 16.4 Å². The monoisotopic (exact) mass is 372 g/mol. The Hall–Kier alpha value is -3.20. The molecule has 3 rings (SSSR count). The molecule has 0 atom stereocenters. The second kappa shape index (κ2) is 8.26. The Bertz CT molecular complexity index is 875. The Morgan fingerprint density at radius 1 is 1.12 bits per heavy atom. The first-order chi connectivity index (χ1) is 12.6. The van der Waals surface area contributed by atoms with Crippen LogP contribution in [0, 0.1) is 0 Å². The quantitative estimate of drug-likeness (QED) is 0.547. The number of nitrogens with one attached hydrogen (secondary N) is 2. The lowest BCUT2D eigenvalue weighted by atomic mass is 10.3. The number of thiophene rings is 1. The Morgan fingerprint density at radius 2 is 1.88 bits per heavy atom. The smallest absolute Gasteiger partial charge is 0.273 e. The molecule has 0 saturated carbocycles. The maximum absolute atomic E-state index is 12.0. The molecule has 0 aliphatic heterocycles. The maximum Gasteiger partial charge on any atom is 0.273 e. The standard InChI is InChI=1S/C17H16N4O4S/c22-11-4-5-12(20-10-11)16(23)18-6-2-7-19-17(24)13-9-14(25-21-13)15-3-1-8-26-15/h1,3-5,8-10,22H,2,6-7H2,(H,18,23)(H,19,24). The van der Waals surface area contributed by atoms with Crippen LogP contribution in [0.3, 0.4) is 0 Å². The molecule has 0 aliphatic rings. The number of carbonyl (C=O) groups is 2. The number of rotatable bonds is 7. The minimum absolute atomic E-state index is 0.000598. The molecule has 134 valence electrons. The van der Waals surface area contributed by atoms with Gasteiger partial charge in [-0.15, -0.1) is 11.3 Å². The van der Waals surface area contributed by atoms with Crippen LogP contribution in [0.2, 0.25) is 0 Å². The molecule has 0 saturated heterocycles. The highest BCUT2D eigenvalue weighted by Gasteiger charge is 2.13. The lowest BCUT2D eigenvalue weighted by Gasteiger charge is -2.05. The molecule has 0 spiro atoms. The molecule has 0 radical (unpaired) electrons. The van der Waals surface area contributed by atoms with E-state index in [1.54, 1.807) is 6.07 Å². The fourth-order valence-electron chi connectivity index (χ4n) is 2.11. The predicted molar refractivity (Wildman–Crippen MR) is 95.0 cm³/mol. The van der Waals surface area contributed by atoms with E-state index in [2.05, 4.69) is 20.8 Å². The zero-order valence-corrected chi connectivity index (χ0v) is 14.5. The van der Waals surface area contributed by atoms with Gasteiger partial charge in [0.1, 0.15) is 11.4 Å². The molecule has 3 heterocycles. The summed E-state index contributed by atoms with van der Waals surface area (Å²) in [6, 6.07) is 8.20. The van der Waals surface area contributed by atoms with Crippen molar-refractivity contribution < 1.29 is 19.2 Å². The van der Waals surface area contributed by atoms with E-state index in [-0.39, 0.29) is 29.0 Å². The topological polar surface area (TPSA) is 117 Å².